The zero-order chi connectivity index (χ0) is 13.8. The molecule has 0 aromatic heterocycles. The normalized spacial score (nSPS) is 25.9. The van der Waals surface area contributed by atoms with Gasteiger partial charge < -0.3 is 15.2 Å². The van der Waals surface area contributed by atoms with E-state index in [2.05, 4.69) is 0 Å². The zero-order valence-corrected chi connectivity index (χ0v) is 11.3. The van der Waals surface area contributed by atoms with Crippen LogP contribution in [-0.2, 0) is 14.3 Å². The Morgan fingerprint density at radius 3 is 2.63 bits per heavy atom. The number of nitrogens with two attached hydrogens (primary N) is 1. The third-order valence-electron chi connectivity index (χ3n) is 2.87. The fourth-order valence-corrected chi connectivity index (χ4v) is 3.16. The number of carbonyl (C=O) groups excluding carboxylic acids is 2. The van der Waals surface area contributed by atoms with E-state index in [9.17, 15) is 9.59 Å². The Kier molecular flexibility index (Phi) is 4.44. The quantitative estimate of drug-likeness (QED) is 0.827. The van der Waals surface area contributed by atoms with Crippen LogP contribution in [-0.4, -0.2) is 42.2 Å². The van der Waals surface area contributed by atoms with E-state index in [0.717, 1.165) is 0 Å². The maximum atomic E-state index is 12.0. The molecule has 1 saturated heterocycles. The summed E-state index contributed by atoms with van der Waals surface area (Å²) in [6.45, 7) is 0. The van der Waals surface area contributed by atoms with Gasteiger partial charge in [0.2, 0.25) is 0 Å². The minimum Gasteiger partial charge on any atom is -0.468 e. The van der Waals surface area contributed by atoms with Crippen LogP contribution in [0.15, 0.2) is 30.3 Å². The molecular weight excluding hydrogens is 266 g/mol. The van der Waals surface area contributed by atoms with Gasteiger partial charge in [-0.1, -0.05) is 18.2 Å². The lowest BCUT2D eigenvalue weighted by Gasteiger charge is -2.20. The van der Waals surface area contributed by atoms with Crippen molar-refractivity contribution in [1.29, 1.82) is 0 Å². The maximum absolute atomic E-state index is 12.0. The number of methoxy groups -OCH3 is 1. The number of ether oxygens (including phenoxy) is 2. The third kappa shape index (κ3) is 3.08. The molecule has 0 aliphatic carbocycles. The van der Waals surface area contributed by atoms with E-state index in [1.165, 1.54) is 18.9 Å². The maximum Gasteiger partial charge on any atom is 0.338 e. The Bertz CT molecular complexity index is 465. The van der Waals surface area contributed by atoms with Crippen molar-refractivity contribution in [2.45, 2.75) is 17.4 Å². The molecule has 102 valence electrons. The summed E-state index contributed by atoms with van der Waals surface area (Å²) in [5.74, 6) is -0.326. The first-order valence-corrected chi connectivity index (χ1v) is 6.89. The third-order valence-corrected chi connectivity index (χ3v) is 4.27. The standard InChI is InChI=1S/C13H15NO4S/c1-17-13(16)11-10(9(14)7-19-11)18-12(15)8-5-3-2-4-6-8/h2-6,9-11H,7,14H2,1H3/t9-,10-,11-/m1/s1. The number of carbonyl (C=O) groups is 2. The average Bonchev–Trinajstić information content (AvgIpc) is 2.80. The second kappa shape index (κ2) is 6.08. The predicted octanol–water partition coefficient (Wildman–Crippen LogP) is 0.828. The molecule has 0 unspecified atom stereocenters. The van der Waals surface area contributed by atoms with Crippen LogP contribution in [0.2, 0.25) is 0 Å². The minimum absolute atomic E-state index is 0.359. The number of esters is 2. The van der Waals surface area contributed by atoms with Crippen LogP contribution in [0.25, 0.3) is 0 Å². The number of benzene rings is 1. The molecule has 1 aliphatic rings. The van der Waals surface area contributed by atoms with Crippen molar-refractivity contribution in [3.63, 3.8) is 0 Å². The van der Waals surface area contributed by atoms with E-state index in [0.29, 0.717) is 11.3 Å². The summed E-state index contributed by atoms with van der Waals surface area (Å²) in [6.07, 6.45) is -0.648. The van der Waals surface area contributed by atoms with Gasteiger partial charge in [-0.05, 0) is 12.1 Å². The summed E-state index contributed by atoms with van der Waals surface area (Å²) in [5.41, 5.74) is 6.32. The predicted molar refractivity (Wildman–Crippen MR) is 71.9 cm³/mol. The van der Waals surface area contributed by atoms with Gasteiger partial charge in [-0.15, -0.1) is 11.8 Å². The summed E-state index contributed by atoms with van der Waals surface area (Å²) < 4.78 is 10.1. The molecule has 1 heterocycles. The molecule has 19 heavy (non-hydrogen) atoms. The highest BCUT2D eigenvalue weighted by atomic mass is 32.2. The first-order valence-electron chi connectivity index (χ1n) is 5.84. The smallest absolute Gasteiger partial charge is 0.338 e. The number of rotatable bonds is 3. The first-order chi connectivity index (χ1) is 9.13. The van der Waals surface area contributed by atoms with Crippen LogP contribution >= 0.6 is 11.8 Å². The van der Waals surface area contributed by atoms with Crippen molar-refractivity contribution in [2.24, 2.45) is 5.73 Å². The van der Waals surface area contributed by atoms with Gasteiger partial charge in [0.25, 0.3) is 0 Å². The Morgan fingerprint density at radius 1 is 1.32 bits per heavy atom. The van der Waals surface area contributed by atoms with E-state index in [1.807, 2.05) is 6.07 Å². The fourth-order valence-electron chi connectivity index (χ4n) is 1.86. The van der Waals surface area contributed by atoms with Crippen LogP contribution in [0.5, 0.6) is 0 Å². The molecular formula is C13H15NO4S. The molecule has 6 heteroatoms. The van der Waals surface area contributed by atoms with Crippen molar-refractivity contribution >= 4 is 23.7 Å². The van der Waals surface area contributed by atoms with Gasteiger partial charge in [-0.2, -0.15) is 0 Å². The van der Waals surface area contributed by atoms with Gasteiger partial charge in [-0.25, -0.2) is 4.79 Å². The molecule has 2 N–H and O–H groups in total. The van der Waals surface area contributed by atoms with Crippen LogP contribution in [0.4, 0.5) is 0 Å². The minimum atomic E-state index is -0.648. The molecule has 0 amide bonds. The highest BCUT2D eigenvalue weighted by Crippen LogP contribution is 2.30. The molecule has 1 fully saturated rings. The van der Waals surface area contributed by atoms with E-state index in [4.69, 9.17) is 15.2 Å². The highest BCUT2D eigenvalue weighted by Gasteiger charge is 2.43. The Morgan fingerprint density at radius 2 is 2.00 bits per heavy atom. The second-order valence-corrected chi connectivity index (χ2v) is 5.35. The topological polar surface area (TPSA) is 78.6 Å². The van der Waals surface area contributed by atoms with Crippen LogP contribution < -0.4 is 5.73 Å². The zero-order valence-electron chi connectivity index (χ0n) is 10.4. The van der Waals surface area contributed by atoms with E-state index < -0.39 is 23.3 Å². The van der Waals surface area contributed by atoms with Crippen molar-refractivity contribution in [1.82, 2.24) is 0 Å². The summed E-state index contributed by atoms with van der Waals surface area (Å²) in [7, 11) is 1.31. The highest BCUT2D eigenvalue weighted by molar-refractivity contribution is 8.01. The molecule has 1 aromatic carbocycles. The Balaban J connectivity index is 2.08. The lowest BCUT2D eigenvalue weighted by molar-refractivity contribution is -0.142. The second-order valence-electron chi connectivity index (χ2n) is 4.18. The summed E-state index contributed by atoms with van der Waals surface area (Å²) in [5, 5.41) is -0.548. The molecule has 5 nitrogen and oxygen atoms in total. The van der Waals surface area contributed by atoms with E-state index in [-0.39, 0.29) is 6.04 Å². The monoisotopic (exact) mass is 281 g/mol. The van der Waals surface area contributed by atoms with E-state index >= 15 is 0 Å². The lowest BCUT2D eigenvalue weighted by atomic mass is 10.1. The average molecular weight is 281 g/mol. The number of thioether (sulfide) groups is 1. The molecule has 1 aliphatic heterocycles. The molecule has 0 bridgehead atoms. The molecule has 0 radical (unpaired) electrons. The van der Waals surface area contributed by atoms with Gasteiger partial charge in [0.15, 0.2) is 0 Å². The molecule has 2 rings (SSSR count). The SMILES string of the molecule is COC(=O)[C@@H]1SC[C@@H](N)[C@H]1OC(=O)c1ccccc1. The molecule has 1 aromatic rings. The van der Waals surface area contributed by atoms with Crippen molar-refractivity contribution in [3.8, 4) is 0 Å². The Labute approximate surface area is 115 Å². The lowest BCUT2D eigenvalue weighted by Crippen LogP contribution is -2.43. The number of hydrogen-bond acceptors (Lipinski definition) is 6. The summed E-state index contributed by atoms with van der Waals surface area (Å²) in [6, 6.07) is 8.26. The van der Waals surface area contributed by atoms with Gasteiger partial charge >= 0.3 is 11.9 Å². The van der Waals surface area contributed by atoms with Gasteiger partial charge in [0.1, 0.15) is 11.4 Å². The van der Waals surface area contributed by atoms with Crippen molar-refractivity contribution in [2.75, 3.05) is 12.9 Å². The van der Waals surface area contributed by atoms with Crippen LogP contribution in [0.1, 0.15) is 10.4 Å². The molecule has 0 saturated carbocycles. The Hall–Kier alpha value is -1.53. The van der Waals surface area contributed by atoms with Crippen LogP contribution in [0.3, 0.4) is 0 Å². The molecule has 3 atom stereocenters. The summed E-state index contributed by atoms with van der Waals surface area (Å²) in [4.78, 5) is 23.6. The van der Waals surface area contributed by atoms with Crippen molar-refractivity contribution in [3.05, 3.63) is 35.9 Å². The first kappa shape index (κ1) is 13.9. The van der Waals surface area contributed by atoms with E-state index in [1.54, 1.807) is 24.3 Å². The fraction of sp³-hybridized carbons (Fsp3) is 0.385. The van der Waals surface area contributed by atoms with Gasteiger partial charge in [-0.3, -0.25) is 4.79 Å². The van der Waals surface area contributed by atoms with Crippen molar-refractivity contribution < 1.29 is 19.1 Å². The van der Waals surface area contributed by atoms with Gasteiger partial charge in [0, 0.05) is 5.75 Å². The largest absolute Gasteiger partial charge is 0.468 e. The summed E-state index contributed by atoms with van der Waals surface area (Å²) >= 11 is 1.35. The number of hydrogen-bond donors (Lipinski definition) is 1. The van der Waals surface area contributed by atoms with Crippen LogP contribution in [0, 0.1) is 0 Å². The van der Waals surface area contributed by atoms with Gasteiger partial charge in [0.05, 0.1) is 18.7 Å². The molecule has 0 spiro atoms.